The first kappa shape index (κ1) is 14.2. The molecule has 0 saturated carbocycles. The van der Waals surface area contributed by atoms with Crippen molar-refractivity contribution in [2.75, 3.05) is 6.54 Å². The molecule has 1 unspecified atom stereocenters. The molecule has 1 aromatic heterocycles. The summed E-state index contributed by atoms with van der Waals surface area (Å²) in [5.74, 6) is 0. The van der Waals surface area contributed by atoms with Crippen LogP contribution in [0.1, 0.15) is 35.2 Å². The molecule has 1 aromatic carbocycles. The highest BCUT2D eigenvalue weighted by Crippen LogP contribution is 2.30. The van der Waals surface area contributed by atoms with Crippen molar-refractivity contribution in [2.24, 2.45) is 0 Å². The Morgan fingerprint density at radius 1 is 1.21 bits per heavy atom. The predicted molar refractivity (Wildman–Crippen MR) is 83.4 cm³/mol. The van der Waals surface area contributed by atoms with Gasteiger partial charge in [0, 0.05) is 16.9 Å². The minimum absolute atomic E-state index is 0.174. The Kier molecular flexibility index (Phi) is 4.72. The average molecular weight is 319 g/mol. The molecule has 0 aliphatic heterocycles. The topological polar surface area (TPSA) is 24.9 Å². The number of nitrogens with zero attached hydrogens (tertiary/aromatic N) is 1. The molecule has 2 nitrogen and oxygen atoms in total. The zero-order valence-corrected chi connectivity index (χ0v) is 13.2. The molecule has 1 atom stereocenters. The fourth-order valence-corrected chi connectivity index (χ4v) is 2.73. The van der Waals surface area contributed by atoms with Gasteiger partial charge in [-0.1, -0.05) is 40.5 Å². The molecule has 0 spiro atoms. The quantitative estimate of drug-likeness (QED) is 0.915. The Bertz CT molecular complexity index is 566. The van der Waals surface area contributed by atoms with Gasteiger partial charge in [0.2, 0.25) is 0 Å². The zero-order chi connectivity index (χ0) is 13.8. The molecule has 0 bridgehead atoms. The van der Waals surface area contributed by atoms with E-state index in [4.69, 9.17) is 0 Å². The molecule has 2 rings (SSSR count). The van der Waals surface area contributed by atoms with E-state index in [1.54, 1.807) is 0 Å². The van der Waals surface area contributed by atoms with Crippen LogP contribution in [0, 0.1) is 13.8 Å². The first-order valence-electron chi connectivity index (χ1n) is 6.53. The van der Waals surface area contributed by atoms with E-state index < -0.39 is 0 Å². The molecule has 2 aromatic rings. The third-order valence-corrected chi connectivity index (χ3v) is 3.98. The number of aromatic nitrogens is 1. The van der Waals surface area contributed by atoms with Crippen molar-refractivity contribution in [1.29, 1.82) is 0 Å². The third kappa shape index (κ3) is 3.23. The highest BCUT2D eigenvalue weighted by Gasteiger charge is 2.17. The van der Waals surface area contributed by atoms with Gasteiger partial charge >= 0.3 is 0 Å². The molecule has 0 aliphatic rings. The van der Waals surface area contributed by atoms with E-state index in [1.807, 2.05) is 12.4 Å². The van der Waals surface area contributed by atoms with Gasteiger partial charge in [0.15, 0.2) is 0 Å². The lowest BCUT2D eigenvalue weighted by atomic mass is 9.95. The summed E-state index contributed by atoms with van der Waals surface area (Å²) in [6.45, 7) is 7.29. The number of aryl methyl sites for hydroxylation is 2. The van der Waals surface area contributed by atoms with Crippen LogP contribution in [-0.4, -0.2) is 11.5 Å². The van der Waals surface area contributed by atoms with E-state index in [-0.39, 0.29) is 6.04 Å². The van der Waals surface area contributed by atoms with Crippen LogP contribution in [0.2, 0.25) is 0 Å². The molecule has 1 N–H and O–H groups in total. The molecule has 0 aliphatic carbocycles. The summed E-state index contributed by atoms with van der Waals surface area (Å²) in [5.41, 5.74) is 5.02. The minimum atomic E-state index is 0.174. The predicted octanol–water partition coefficient (Wildman–Crippen LogP) is 4.16. The van der Waals surface area contributed by atoms with Gasteiger partial charge in [0.1, 0.15) is 0 Å². The van der Waals surface area contributed by atoms with Crippen LogP contribution < -0.4 is 5.32 Å². The highest BCUT2D eigenvalue weighted by molar-refractivity contribution is 9.10. The fraction of sp³-hybridized carbons (Fsp3) is 0.312. The van der Waals surface area contributed by atoms with Gasteiger partial charge in [0.25, 0.3) is 0 Å². The maximum absolute atomic E-state index is 4.27. The Morgan fingerprint density at radius 2 is 2.00 bits per heavy atom. The average Bonchev–Trinajstić information content (AvgIpc) is 2.40. The van der Waals surface area contributed by atoms with Crippen molar-refractivity contribution in [2.45, 2.75) is 26.8 Å². The Morgan fingerprint density at radius 3 is 2.68 bits per heavy atom. The van der Waals surface area contributed by atoms with Crippen LogP contribution in [0.5, 0.6) is 0 Å². The van der Waals surface area contributed by atoms with Gasteiger partial charge < -0.3 is 5.32 Å². The lowest BCUT2D eigenvalue weighted by Gasteiger charge is -2.22. The largest absolute Gasteiger partial charge is 0.306 e. The third-order valence-electron chi connectivity index (χ3n) is 3.26. The molecular formula is C16H19BrN2. The standard InChI is InChI=1S/C16H19BrN2/c1-4-19-16(14-10-18-8-7-12(14)3)13-9-11(2)5-6-15(13)17/h5-10,16,19H,4H2,1-3H3. The molecule has 0 saturated heterocycles. The van der Waals surface area contributed by atoms with Crippen LogP contribution in [-0.2, 0) is 0 Å². The van der Waals surface area contributed by atoms with Gasteiger partial charge in [-0.25, -0.2) is 0 Å². The second-order valence-electron chi connectivity index (χ2n) is 4.75. The lowest BCUT2D eigenvalue weighted by molar-refractivity contribution is 0.623. The Balaban J connectivity index is 2.51. The number of rotatable bonds is 4. The SMILES string of the molecule is CCNC(c1cnccc1C)c1cc(C)ccc1Br. The number of pyridine rings is 1. The molecule has 100 valence electrons. The number of benzene rings is 1. The highest BCUT2D eigenvalue weighted by atomic mass is 79.9. The van der Waals surface area contributed by atoms with Crippen molar-refractivity contribution in [1.82, 2.24) is 10.3 Å². The molecule has 0 radical (unpaired) electrons. The summed E-state index contributed by atoms with van der Waals surface area (Å²) in [5, 5.41) is 3.55. The zero-order valence-electron chi connectivity index (χ0n) is 11.6. The normalized spacial score (nSPS) is 12.4. The van der Waals surface area contributed by atoms with E-state index in [2.05, 4.69) is 71.3 Å². The van der Waals surface area contributed by atoms with Crippen molar-refractivity contribution in [3.63, 3.8) is 0 Å². The fourth-order valence-electron chi connectivity index (χ4n) is 2.25. The molecule has 1 heterocycles. The first-order valence-corrected chi connectivity index (χ1v) is 7.32. The summed E-state index contributed by atoms with van der Waals surface area (Å²) >= 11 is 3.66. The maximum Gasteiger partial charge on any atom is 0.0605 e. The van der Waals surface area contributed by atoms with Crippen LogP contribution >= 0.6 is 15.9 Å². The maximum atomic E-state index is 4.27. The van der Waals surface area contributed by atoms with Crippen LogP contribution in [0.4, 0.5) is 0 Å². The van der Waals surface area contributed by atoms with Gasteiger partial charge in [0.05, 0.1) is 6.04 Å². The Hall–Kier alpha value is -1.19. The van der Waals surface area contributed by atoms with Crippen LogP contribution in [0.3, 0.4) is 0 Å². The van der Waals surface area contributed by atoms with E-state index in [0.717, 1.165) is 11.0 Å². The first-order chi connectivity index (χ1) is 9.13. The number of hydrogen-bond acceptors (Lipinski definition) is 2. The van der Waals surface area contributed by atoms with Crippen molar-refractivity contribution < 1.29 is 0 Å². The van der Waals surface area contributed by atoms with Gasteiger partial charge in [-0.05, 0) is 49.2 Å². The second kappa shape index (κ2) is 6.31. The number of hydrogen-bond donors (Lipinski definition) is 1. The number of halogens is 1. The summed E-state index contributed by atoms with van der Waals surface area (Å²) in [7, 11) is 0. The Labute approximate surface area is 123 Å². The van der Waals surface area contributed by atoms with Gasteiger partial charge in [-0.3, -0.25) is 4.98 Å². The molecule has 19 heavy (non-hydrogen) atoms. The van der Waals surface area contributed by atoms with E-state index in [0.29, 0.717) is 0 Å². The minimum Gasteiger partial charge on any atom is -0.306 e. The van der Waals surface area contributed by atoms with Crippen LogP contribution in [0.15, 0.2) is 41.1 Å². The van der Waals surface area contributed by atoms with Gasteiger partial charge in [-0.15, -0.1) is 0 Å². The number of nitrogens with one attached hydrogen (secondary N) is 1. The molecule has 0 amide bonds. The lowest BCUT2D eigenvalue weighted by Crippen LogP contribution is -2.23. The summed E-state index contributed by atoms with van der Waals surface area (Å²) in [4.78, 5) is 4.27. The summed E-state index contributed by atoms with van der Waals surface area (Å²) < 4.78 is 1.13. The summed E-state index contributed by atoms with van der Waals surface area (Å²) in [6, 6.07) is 8.69. The van der Waals surface area contributed by atoms with E-state index in [1.165, 1.54) is 22.3 Å². The van der Waals surface area contributed by atoms with Crippen LogP contribution in [0.25, 0.3) is 0 Å². The monoisotopic (exact) mass is 318 g/mol. The molecule has 3 heteroatoms. The summed E-state index contributed by atoms with van der Waals surface area (Å²) in [6.07, 6.45) is 3.80. The van der Waals surface area contributed by atoms with E-state index >= 15 is 0 Å². The van der Waals surface area contributed by atoms with Crippen molar-refractivity contribution in [3.05, 3.63) is 63.4 Å². The molecular weight excluding hydrogens is 300 g/mol. The molecule has 0 fully saturated rings. The van der Waals surface area contributed by atoms with Gasteiger partial charge in [-0.2, -0.15) is 0 Å². The van der Waals surface area contributed by atoms with Crippen molar-refractivity contribution >= 4 is 15.9 Å². The van der Waals surface area contributed by atoms with Crippen molar-refractivity contribution in [3.8, 4) is 0 Å². The van der Waals surface area contributed by atoms with E-state index in [9.17, 15) is 0 Å². The smallest absolute Gasteiger partial charge is 0.0605 e. The second-order valence-corrected chi connectivity index (χ2v) is 5.60.